The number of nitrogens with zero attached hydrogens (tertiary/aromatic N) is 3. The molecular formula is C29H35F3N8O2. The number of aryl methyl sites for hydroxylation is 1. The lowest BCUT2D eigenvalue weighted by atomic mass is 10.0. The van der Waals surface area contributed by atoms with Gasteiger partial charge in [0, 0.05) is 35.4 Å². The minimum Gasteiger partial charge on any atom is -0.406 e. The molecule has 42 heavy (non-hydrogen) atoms. The fraction of sp³-hybridized carbons (Fsp3) is 0.345. The van der Waals surface area contributed by atoms with Crippen LogP contribution in [0.4, 0.5) is 13.2 Å². The van der Waals surface area contributed by atoms with Gasteiger partial charge in [0.2, 0.25) is 0 Å². The number of alkyl halides is 3. The van der Waals surface area contributed by atoms with Crippen LogP contribution in [-0.2, 0) is 6.42 Å². The number of guanidine groups is 1. The monoisotopic (exact) mass is 584 g/mol. The van der Waals surface area contributed by atoms with Gasteiger partial charge < -0.3 is 32.2 Å². The molecule has 0 aliphatic rings. The smallest absolute Gasteiger partial charge is 0.406 e. The van der Waals surface area contributed by atoms with Crippen molar-refractivity contribution in [2.24, 2.45) is 22.2 Å². The number of halogens is 3. The van der Waals surface area contributed by atoms with Crippen LogP contribution >= 0.6 is 0 Å². The standard InChI is InChI=1S/C29H35F3N8O2/c1-18(36-11-4-12-37-27(34)35)20-6-8-23(9-7-20)40-17-22-16-25(38-26(22)39-28(40)41)21-13-19(5-2-3-10-33)14-24(15-21)42-29(30,31)32/h6-9,13-18,36H,2-5,10-12,33H2,1H3,(H4,34,35,37)(H,38,39,41)/t18-/m0/s1. The predicted octanol–water partition coefficient (Wildman–Crippen LogP) is 3.87. The number of hydrogen-bond acceptors (Lipinski definition) is 6. The van der Waals surface area contributed by atoms with Crippen molar-refractivity contribution in [2.45, 2.75) is 45.0 Å². The Morgan fingerprint density at radius 2 is 1.88 bits per heavy atom. The lowest BCUT2D eigenvalue weighted by molar-refractivity contribution is -0.274. The Hall–Kier alpha value is -4.36. The zero-order chi connectivity index (χ0) is 30.3. The Kier molecular flexibility index (Phi) is 9.86. The number of aromatic nitrogens is 3. The maximum Gasteiger partial charge on any atom is 0.573 e. The highest BCUT2D eigenvalue weighted by atomic mass is 19.4. The largest absolute Gasteiger partial charge is 0.573 e. The second-order valence-electron chi connectivity index (χ2n) is 9.97. The van der Waals surface area contributed by atoms with Crippen LogP contribution in [0.3, 0.4) is 0 Å². The normalized spacial score (nSPS) is 12.4. The van der Waals surface area contributed by atoms with Crippen LogP contribution in [0.5, 0.6) is 5.75 Å². The van der Waals surface area contributed by atoms with Gasteiger partial charge in [0.25, 0.3) is 0 Å². The molecule has 2 aromatic carbocycles. The third kappa shape index (κ3) is 8.33. The van der Waals surface area contributed by atoms with Crippen LogP contribution in [0, 0.1) is 0 Å². The van der Waals surface area contributed by atoms with Crippen LogP contribution in [0.15, 0.2) is 64.5 Å². The molecule has 0 saturated heterocycles. The van der Waals surface area contributed by atoms with Gasteiger partial charge >= 0.3 is 12.1 Å². The van der Waals surface area contributed by atoms with E-state index in [1.807, 2.05) is 31.2 Å². The molecular weight excluding hydrogens is 549 g/mol. The van der Waals surface area contributed by atoms with Crippen molar-refractivity contribution in [3.05, 3.63) is 76.3 Å². The minimum atomic E-state index is -4.82. The SMILES string of the molecule is C[C@H](NCCCN=C(N)N)c1ccc(-n2cc3cc(-c4cc(CCCCN)cc(OC(F)(F)F)c4)[nH]c3nc2=O)cc1. The number of rotatable bonds is 13. The fourth-order valence-corrected chi connectivity index (χ4v) is 4.61. The van der Waals surface area contributed by atoms with Gasteiger partial charge in [-0.1, -0.05) is 12.1 Å². The van der Waals surface area contributed by atoms with E-state index >= 15 is 0 Å². The maximum absolute atomic E-state index is 13.0. The first-order valence-corrected chi connectivity index (χ1v) is 13.6. The second-order valence-corrected chi connectivity index (χ2v) is 9.97. The number of benzene rings is 2. The average Bonchev–Trinajstić information content (AvgIpc) is 3.34. The molecule has 0 saturated carbocycles. The molecule has 4 aromatic rings. The Balaban J connectivity index is 1.56. The highest BCUT2D eigenvalue weighted by Crippen LogP contribution is 2.31. The molecule has 0 radical (unpaired) electrons. The Morgan fingerprint density at radius 1 is 1.12 bits per heavy atom. The van der Waals surface area contributed by atoms with Gasteiger partial charge in [-0.05, 0) is 93.2 Å². The summed E-state index contributed by atoms with van der Waals surface area (Å²) in [7, 11) is 0. The first-order valence-electron chi connectivity index (χ1n) is 13.6. The van der Waals surface area contributed by atoms with Gasteiger partial charge in [0.05, 0.1) is 5.69 Å². The van der Waals surface area contributed by atoms with Gasteiger partial charge in [0.1, 0.15) is 11.4 Å². The van der Waals surface area contributed by atoms with Crippen molar-refractivity contribution in [2.75, 3.05) is 19.6 Å². The van der Waals surface area contributed by atoms with Crippen LogP contribution in [0.2, 0.25) is 0 Å². The number of nitrogens with one attached hydrogen (secondary N) is 2. The molecule has 13 heteroatoms. The van der Waals surface area contributed by atoms with Gasteiger partial charge in [-0.15, -0.1) is 13.2 Å². The molecule has 224 valence electrons. The number of fused-ring (bicyclic) bond motifs is 1. The Morgan fingerprint density at radius 3 is 2.57 bits per heavy atom. The summed E-state index contributed by atoms with van der Waals surface area (Å²) in [6.45, 7) is 3.81. The third-order valence-corrected chi connectivity index (χ3v) is 6.69. The zero-order valence-electron chi connectivity index (χ0n) is 23.2. The number of unbranched alkanes of at least 4 members (excludes halogenated alkanes) is 1. The zero-order valence-corrected chi connectivity index (χ0v) is 23.2. The van der Waals surface area contributed by atoms with E-state index < -0.39 is 12.1 Å². The van der Waals surface area contributed by atoms with E-state index in [1.54, 1.807) is 18.3 Å². The number of aliphatic imine (C=N–C) groups is 1. The van der Waals surface area contributed by atoms with E-state index in [-0.39, 0.29) is 17.8 Å². The quantitative estimate of drug-likeness (QED) is 0.0905. The molecule has 0 fully saturated rings. The molecule has 0 aliphatic carbocycles. The van der Waals surface area contributed by atoms with Crippen molar-refractivity contribution in [3.63, 3.8) is 0 Å². The summed E-state index contributed by atoms with van der Waals surface area (Å²) in [6, 6.07) is 13.8. The summed E-state index contributed by atoms with van der Waals surface area (Å²) >= 11 is 0. The molecule has 0 unspecified atom stereocenters. The van der Waals surface area contributed by atoms with Crippen molar-refractivity contribution in [1.82, 2.24) is 19.9 Å². The first kappa shape index (κ1) is 30.6. The Labute approximate surface area is 240 Å². The minimum absolute atomic E-state index is 0.0695. The summed E-state index contributed by atoms with van der Waals surface area (Å²) in [4.78, 5) is 24.1. The molecule has 0 spiro atoms. The third-order valence-electron chi connectivity index (χ3n) is 6.69. The summed E-state index contributed by atoms with van der Waals surface area (Å²) < 4.78 is 44.6. The van der Waals surface area contributed by atoms with E-state index in [1.165, 1.54) is 16.7 Å². The summed E-state index contributed by atoms with van der Waals surface area (Å²) in [5.41, 5.74) is 19.4. The van der Waals surface area contributed by atoms with E-state index in [0.29, 0.717) is 53.1 Å². The topological polar surface area (TPSA) is 162 Å². The molecule has 0 bridgehead atoms. The van der Waals surface area contributed by atoms with Crippen molar-refractivity contribution < 1.29 is 17.9 Å². The Bertz CT molecular complexity index is 1570. The van der Waals surface area contributed by atoms with Gasteiger partial charge in [0.15, 0.2) is 5.96 Å². The van der Waals surface area contributed by atoms with E-state index in [2.05, 4.69) is 25.0 Å². The van der Waals surface area contributed by atoms with Crippen LogP contribution < -0.4 is 32.9 Å². The first-order chi connectivity index (χ1) is 20.0. The maximum atomic E-state index is 13.0. The number of ether oxygens (including phenoxy) is 1. The summed E-state index contributed by atoms with van der Waals surface area (Å²) in [5.74, 6) is -0.239. The summed E-state index contributed by atoms with van der Waals surface area (Å²) in [6.07, 6.45) is -0.356. The molecule has 2 heterocycles. The lowest BCUT2D eigenvalue weighted by Crippen LogP contribution is -2.24. The predicted molar refractivity (Wildman–Crippen MR) is 158 cm³/mol. The van der Waals surface area contributed by atoms with Gasteiger partial charge in [-0.2, -0.15) is 4.98 Å². The van der Waals surface area contributed by atoms with Gasteiger partial charge in [-0.3, -0.25) is 9.56 Å². The van der Waals surface area contributed by atoms with E-state index in [4.69, 9.17) is 17.2 Å². The molecule has 1 atom stereocenters. The summed E-state index contributed by atoms with van der Waals surface area (Å²) in [5, 5.41) is 4.03. The van der Waals surface area contributed by atoms with E-state index in [9.17, 15) is 18.0 Å². The van der Waals surface area contributed by atoms with E-state index in [0.717, 1.165) is 31.4 Å². The van der Waals surface area contributed by atoms with Crippen LogP contribution in [0.1, 0.15) is 43.4 Å². The number of H-pyrrole nitrogens is 1. The lowest BCUT2D eigenvalue weighted by Gasteiger charge is -2.15. The molecule has 0 amide bonds. The van der Waals surface area contributed by atoms with Crippen LogP contribution in [0.25, 0.3) is 28.0 Å². The molecule has 8 N–H and O–H groups in total. The average molecular weight is 585 g/mol. The number of nitrogens with two attached hydrogens (primary N) is 3. The molecule has 2 aromatic heterocycles. The fourth-order valence-electron chi connectivity index (χ4n) is 4.61. The highest BCUT2D eigenvalue weighted by molar-refractivity contribution is 5.83. The molecule has 0 aliphatic heterocycles. The number of hydrogen-bond donors (Lipinski definition) is 5. The highest BCUT2D eigenvalue weighted by Gasteiger charge is 2.31. The molecule has 4 rings (SSSR count). The number of aromatic amines is 1. The van der Waals surface area contributed by atoms with Crippen molar-refractivity contribution in [3.8, 4) is 22.7 Å². The van der Waals surface area contributed by atoms with Crippen molar-refractivity contribution >= 4 is 17.0 Å². The van der Waals surface area contributed by atoms with Crippen molar-refractivity contribution in [1.29, 1.82) is 0 Å². The van der Waals surface area contributed by atoms with Crippen LogP contribution in [-0.4, -0.2) is 46.5 Å². The van der Waals surface area contributed by atoms with Gasteiger partial charge in [-0.25, -0.2) is 4.79 Å². The second kappa shape index (κ2) is 13.5. The molecule has 10 nitrogen and oxygen atoms in total.